The molecule has 0 aliphatic carbocycles. The van der Waals surface area contributed by atoms with E-state index in [9.17, 15) is 14.7 Å². The van der Waals surface area contributed by atoms with Gasteiger partial charge in [0.05, 0.1) is 24.7 Å². The number of carbonyl (C=O) groups excluding carboxylic acids is 2. The molecule has 0 unspecified atom stereocenters. The lowest BCUT2D eigenvalue weighted by Gasteiger charge is -2.27. The molecule has 2 bridgehead atoms. The van der Waals surface area contributed by atoms with Crippen molar-refractivity contribution in [2.24, 2.45) is 11.8 Å². The van der Waals surface area contributed by atoms with Crippen molar-refractivity contribution in [1.29, 1.82) is 0 Å². The molecule has 0 aromatic carbocycles. The highest BCUT2D eigenvalue weighted by Crippen LogP contribution is 2.43. The van der Waals surface area contributed by atoms with E-state index >= 15 is 0 Å². The Hall–Kier alpha value is -1.40. The van der Waals surface area contributed by atoms with Crippen LogP contribution in [-0.2, 0) is 20.9 Å². The van der Waals surface area contributed by atoms with Gasteiger partial charge in [-0.05, 0) is 24.3 Å². The average Bonchev–Trinajstić information content (AvgIpc) is 3.10. The summed E-state index contributed by atoms with van der Waals surface area (Å²) in [6, 6.07) is 3.84. The fourth-order valence-corrected chi connectivity index (χ4v) is 3.66. The molecule has 1 aromatic heterocycles. The molecule has 2 fully saturated rings. The Kier molecular flexibility index (Phi) is 3.28. The van der Waals surface area contributed by atoms with Crippen molar-refractivity contribution in [2.45, 2.75) is 31.6 Å². The van der Waals surface area contributed by atoms with Crippen molar-refractivity contribution in [2.75, 3.05) is 0 Å². The zero-order chi connectivity index (χ0) is 13.4. The predicted molar refractivity (Wildman–Crippen MR) is 66.0 cm³/mol. The number of carboxylic acid groups (broad SMARTS) is 1. The van der Waals surface area contributed by atoms with Gasteiger partial charge in [0.1, 0.15) is 0 Å². The quantitative estimate of drug-likeness (QED) is 0.836. The molecule has 2 aliphatic rings. The van der Waals surface area contributed by atoms with Crippen LogP contribution in [0.4, 0.5) is 0 Å². The molecular weight excluding hydrogens is 266 g/mol. The maximum atomic E-state index is 12.2. The topological polar surface area (TPSA) is 78.5 Å². The SMILES string of the molecule is O=C([O-])[C@@H]1[C@H](C(=O)NCc2cccs2)[C@@H]2CC[C@H]1O2. The van der Waals surface area contributed by atoms with Crippen LogP contribution in [-0.4, -0.2) is 24.1 Å². The van der Waals surface area contributed by atoms with Gasteiger partial charge in [-0.25, -0.2) is 0 Å². The van der Waals surface area contributed by atoms with E-state index in [-0.39, 0.29) is 18.1 Å². The molecule has 3 heterocycles. The zero-order valence-electron chi connectivity index (χ0n) is 10.2. The van der Waals surface area contributed by atoms with Gasteiger partial charge in [-0.1, -0.05) is 6.07 Å². The van der Waals surface area contributed by atoms with E-state index in [1.807, 2.05) is 17.5 Å². The highest BCUT2D eigenvalue weighted by molar-refractivity contribution is 7.09. The fourth-order valence-electron chi connectivity index (χ4n) is 3.02. The molecule has 1 amide bonds. The third-order valence-electron chi connectivity index (χ3n) is 3.87. The number of rotatable bonds is 4. The summed E-state index contributed by atoms with van der Waals surface area (Å²) in [5.74, 6) is -2.83. The molecule has 1 aromatic rings. The molecule has 2 saturated heterocycles. The number of carboxylic acids is 1. The third-order valence-corrected chi connectivity index (χ3v) is 4.74. The van der Waals surface area contributed by atoms with Gasteiger partial charge in [0, 0.05) is 16.8 Å². The van der Waals surface area contributed by atoms with E-state index < -0.39 is 17.8 Å². The first-order valence-electron chi connectivity index (χ1n) is 6.33. The van der Waals surface area contributed by atoms with E-state index in [4.69, 9.17) is 4.74 Å². The smallest absolute Gasteiger partial charge is 0.226 e. The molecule has 6 heteroatoms. The molecule has 5 nitrogen and oxygen atoms in total. The molecule has 102 valence electrons. The lowest BCUT2D eigenvalue weighted by molar-refractivity contribution is -0.314. The molecular formula is C13H14NO4S-. The first-order valence-corrected chi connectivity index (χ1v) is 7.21. The largest absolute Gasteiger partial charge is 0.550 e. The Balaban J connectivity index is 1.66. The van der Waals surface area contributed by atoms with Crippen LogP contribution in [0.3, 0.4) is 0 Å². The summed E-state index contributed by atoms with van der Waals surface area (Å²) in [7, 11) is 0. The van der Waals surface area contributed by atoms with Crippen molar-refractivity contribution in [3.63, 3.8) is 0 Å². The summed E-state index contributed by atoms with van der Waals surface area (Å²) in [6.45, 7) is 0.435. The summed E-state index contributed by atoms with van der Waals surface area (Å²) in [5.41, 5.74) is 0. The standard InChI is InChI=1S/C13H15NO4S/c15-12(14-6-7-2-1-5-19-7)10-8-3-4-9(18-8)11(10)13(16)17/h1-2,5,8-11H,3-4,6H2,(H,14,15)(H,16,17)/p-1/t8-,9+,10+,11-/m0/s1. The van der Waals surface area contributed by atoms with Crippen LogP contribution in [0, 0.1) is 11.8 Å². The van der Waals surface area contributed by atoms with Crippen molar-refractivity contribution in [3.05, 3.63) is 22.4 Å². The van der Waals surface area contributed by atoms with E-state index in [0.29, 0.717) is 13.0 Å². The van der Waals surface area contributed by atoms with E-state index in [2.05, 4.69) is 5.32 Å². The van der Waals surface area contributed by atoms with Crippen LogP contribution < -0.4 is 10.4 Å². The van der Waals surface area contributed by atoms with Gasteiger partial charge in [-0.3, -0.25) is 4.79 Å². The van der Waals surface area contributed by atoms with Crippen molar-refractivity contribution in [3.8, 4) is 0 Å². The minimum atomic E-state index is -1.18. The van der Waals surface area contributed by atoms with Gasteiger partial charge in [0.15, 0.2) is 0 Å². The van der Waals surface area contributed by atoms with Crippen LogP contribution in [0.15, 0.2) is 17.5 Å². The Morgan fingerprint density at radius 3 is 2.74 bits per heavy atom. The number of hydrogen-bond donors (Lipinski definition) is 1. The second-order valence-corrected chi connectivity index (χ2v) is 5.99. The van der Waals surface area contributed by atoms with Crippen molar-refractivity contribution >= 4 is 23.2 Å². The predicted octanol–water partition coefficient (Wildman–Crippen LogP) is -0.0922. The van der Waals surface area contributed by atoms with Gasteiger partial charge in [-0.2, -0.15) is 0 Å². The third kappa shape index (κ3) is 2.26. The van der Waals surface area contributed by atoms with Crippen LogP contribution in [0.1, 0.15) is 17.7 Å². The number of aliphatic carboxylic acids is 1. The minimum absolute atomic E-state index is 0.241. The van der Waals surface area contributed by atoms with E-state index in [1.54, 1.807) is 11.3 Å². The number of fused-ring (bicyclic) bond motifs is 2. The van der Waals surface area contributed by atoms with Crippen LogP contribution in [0.25, 0.3) is 0 Å². The van der Waals surface area contributed by atoms with Crippen LogP contribution in [0.5, 0.6) is 0 Å². The fraction of sp³-hybridized carbons (Fsp3) is 0.538. The second-order valence-electron chi connectivity index (χ2n) is 4.96. The number of ether oxygens (including phenoxy) is 1. The van der Waals surface area contributed by atoms with Crippen LogP contribution in [0.2, 0.25) is 0 Å². The Labute approximate surface area is 114 Å². The molecule has 0 spiro atoms. The molecule has 0 saturated carbocycles. The first-order chi connectivity index (χ1) is 9.16. The molecule has 2 aliphatic heterocycles. The van der Waals surface area contributed by atoms with Gasteiger partial charge in [-0.15, -0.1) is 11.3 Å². The molecule has 1 N–H and O–H groups in total. The van der Waals surface area contributed by atoms with Gasteiger partial charge >= 0.3 is 0 Å². The van der Waals surface area contributed by atoms with Gasteiger partial charge in [0.2, 0.25) is 5.91 Å². The van der Waals surface area contributed by atoms with E-state index in [1.165, 1.54) is 0 Å². The van der Waals surface area contributed by atoms with Gasteiger partial charge in [0.25, 0.3) is 0 Å². The normalized spacial score (nSPS) is 32.4. The number of amides is 1. The highest BCUT2D eigenvalue weighted by atomic mass is 32.1. The number of carbonyl (C=O) groups is 2. The Morgan fingerprint density at radius 2 is 2.11 bits per heavy atom. The summed E-state index contributed by atoms with van der Waals surface area (Å²) in [6.07, 6.45) is 0.840. The van der Waals surface area contributed by atoms with E-state index in [0.717, 1.165) is 11.3 Å². The van der Waals surface area contributed by atoms with Crippen molar-refractivity contribution in [1.82, 2.24) is 5.32 Å². The summed E-state index contributed by atoms with van der Waals surface area (Å²) in [5, 5.41) is 15.9. The molecule has 3 rings (SSSR count). The average molecular weight is 280 g/mol. The summed E-state index contributed by atoms with van der Waals surface area (Å²) < 4.78 is 5.54. The minimum Gasteiger partial charge on any atom is -0.550 e. The summed E-state index contributed by atoms with van der Waals surface area (Å²) >= 11 is 1.56. The number of hydrogen-bond acceptors (Lipinski definition) is 5. The number of thiophene rings is 1. The van der Waals surface area contributed by atoms with Crippen LogP contribution >= 0.6 is 11.3 Å². The summed E-state index contributed by atoms with van der Waals surface area (Å²) in [4.78, 5) is 24.4. The maximum Gasteiger partial charge on any atom is 0.226 e. The molecule has 19 heavy (non-hydrogen) atoms. The highest BCUT2D eigenvalue weighted by Gasteiger charge is 2.52. The monoisotopic (exact) mass is 280 g/mol. The lowest BCUT2D eigenvalue weighted by atomic mass is 9.79. The first kappa shape index (κ1) is 12.6. The maximum absolute atomic E-state index is 12.2. The van der Waals surface area contributed by atoms with Gasteiger partial charge < -0.3 is 20.0 Å². The Bertz CT molecular complexity index is 487. The molecule has 0 radical (unpaired) electrons. The Morgan fingerprint density at radius 1 is 1.37 bits per heavy atom. The van der Waals surface area contributed by atoms with Crippen molar-refractivity contribution < 1.29 is 19.4 Å². The number of nitrogens with one attached hydrogen (secondary N) is 1. The zero-order valence-corrected chi connectivity index (χ0v) is 11.0. The molecule has 4 atom stereocenters. The second kappa shape index (κ2) is 4.94. The lowest BCUT2D eigenvalue weighted by Crippen LogP contribution is -2.47.